The van der Waals surface area contributed by atoms with Crippen molar-refractivity contribution in [2.24, 2.45) is 5.73 Å². The first-order chi connectivity index (χ1) is 6.33. The van der Waals surface area contributed by atoms with Crippen molar-refractivity contribution in [1.82, 2.24) is 4.98 Å². The molecule has 1 heterocycles. The standard InChI is InChI=1S/C11H16N2/c1-10(4-2-6-12)8-11-5-3-7-13-9-11/h3,5,7-9H,2,4,6,12H2,1H3/b10-8+. The van der Waals surface area contributed by atoms with Crippen LogP contribution in [0.3, 0.4) is 0 Å². The fourth-order valence-electron chi connectivity index (χ4n) is 1.20. The van der Waals surface area contributed by atoms with E-state index >= 15 is 0 Å². The molecule has 0 bridgehead atoms. The zero-order valence-corrected chi connectivity index (χ0v) is 8.03. The molecule has 0 aliphatic carbocycles. The van der Waals surface area contributed by atoms with E-state index in [0.29, 0.717) is 0 Å². The van der Waals surface area contributed by atoms with E-state index in [1.54, 1.807) is 6.20 Å². The third-order valence-corrected chi connectivity index (χ3v) is 1.87. The summed E-state index contributed by atoms with van der Waals surface area (Å²) in [6, 6.07) is 4.00. The molecule has 0 aliphatic heterocycles. The Morgan fingerprint density at radius 1 is 1.62 bits per heavy atom. The summed E-state index contributed by atoms with van der Waals surface area (Å²) in [5.74, 6) is 0. The van der Waals surface area contributed by atoms with E-state index in [-0.39, 0.29) is 0 Å². The Kier molecular flexibility index (Phi) is 4.19. The average molecular weight is 176 g/mol. The summed E-state index contributed by atoms with van der Waals surface area (Å²) in [4.78, 5) is 4.05. The van der Waals surface area contributed by atoms with E-state index in [1.807, 2.05) is 12.3 Å². The van der Waals surface area contributed by atoms with E-state index in [9.17, 15) is 0 Å². The third-order valence-electron chi connectivity index (χ3n) is 1.87. The predicted molar refractivity (Wildman–Crippen MR) is 56.2 cm³/mol. The van der Waals surface area contributed by atoms with Gasteiger partial charge in [-0.3, -0.25) is 4.98 Å². The molecule has 0 fully saturated rings. The SMILES string of the molecule is C/C(=C\c1cccnc1)CCCN. The highest BCUT2D eigenvalue weighted by atomic mass is 14.6. The number of nitrogens with two attached hydrogens (primary N) is 1. The monoisotopic (exact) mass is 176 g/mol. The van der Waals surface area contributed by atoms with Crippen molar-refractivity contribution in [1.29, 1.82) is 0 Å². The molecule has 1 aromatic heterocycles. The van der Waals surface area contributed by atoms with Gasteiger partial charge in [0.25, 0.3) is 0 Å². The van der Waals surface area contributed by atoms with Gasteiger partial charge in [0.15, 0.2) is 0 Å². The fraction of sp³-hybridized carbons (Fsp3) is 0.364. The molecule has 0 saturated carbocycles. The third kappa shape index (κ3) is 3.85. The molecule has 0 aliphatic rings. The molecular formula is C11H16N2. The Morgan fingerprint density at radius 2 is 2.46 bits per heavy atom. The molecule has 0 spiro atoms. The van der Waals surface area contributed by atoms with Crippen molar-refractivity contribution in [3.05, 3.63) is 35.7 Å². The zero-order valence-electron chi connectivity index (χ0n) is 8.03. The molecule has 1 aromatic rings. The summed E-state index contributed by atoms with van der Waals surface area (Å²) in [5, 5.41) is 0. The molecule has 0 aromatic carbocycles. The van der Waals surface area contributed by atoms with Gasteiger partial charge in [0.05, 0.1) is 0 Å². The highest BCUT2D eigenvalue weighted by Gasteiger charge is 1.90. The van der Waals surface area contributed by atoms with Crippen LogP contribution in [0.5, 0.6) is 0 Å². The number of hydrogen-bond donors (Lipinski definition) is 1. The van der Waals surface area contributed by atoms with Crippen LogP contribution in [0, 0.1) is 0 Å². The summed E-state index contributed by atoms with van der Waals surface area (Å²) >= 11 is 0. The van der Waals surface area contributed by atoms with Gasteiger partial charge in [-0.25, -0.2) is 0 Å². The van der Waals surface area contributed by atoms with Crippen molar-refractivity contribution in [3.63, 3.8) is 0 Å². The van der Waals surface area contributed by atoms with Crippen LogP contribution in [0.25, 0.3) is 6.08 Å². The quantitative estimate of drug-likeness (QED) is 0.764. The molecule has 2 heteroatoms. The minimum Gasteiger partial charge on any atom is -0.330 e. The second-order valence-electron chi connectivity index (χ2n) is 3.17. The molecule has 0 atom stereocenters. The van der Waals surface area contributed by atoms with E-state index in [1.165, 1.54) is 5.57 Å². The lowest BCUT2D eigenvalue weighted by Gasteiger charge is -1.99. The van der Waals surface area contributed by atoms with Crippen molar-refractivity contribution in [2.75, 3.05) is 6.54 Å². The highest BCUT2D eigenvalue weighted by molar-refractivity contribution is 5.50. The van der Waals surface area contributed by atoms with Gasteiger partial charge in [0.1, 0.15) is 0 Å². The molecule has 70 valence electrons. The maximum absolute atomic E-state index is 5.43. The normalized spacial score (nSPS) is 11.7. The first kappa shape index (κ1) is 9.93. The Bertz CT molecular complexity index is 265. The van der Waals surface area contributed by atoms with Gasteiger partial charge in [-0.2, -0.15) is 0 Å². The minimum atomic E-state index is 0.762. The largest absolute Gasteiger partial charge is 0.330 e. The topological polar surface area (TPSA) is 38.9 Å². The lowest BCUT2D eigenvalue weighted by atomic mass is 10.1. The molecular weight excluding hydrogens is 160 g/mol. The van der Waals surface area contributed by atoms with Crippen molar-refractivity contribution < 1.29 is 0 Å². The van der Waals surface area contributed by atoms with Gasteiger partial charge in [0, 0.05) is 12.4 Å². The summed E-state index contributed by atoms with van der Waals surface area (Å²) < 4.78 is 0. The van der Waals surface area contributed by atoms with Crippen molar-refractivity contribution in [2.45, 2.75) is 19.8 Å². The first-order valence-corrected chi connectivity index (χ1v) is 4.60. The maximum Gasteiger partial charge on any atom is 0.0340 e. The second kappa shape index (κ2) is 5.49. The van der Waals surface area contributed by atoms with Crippen LogP contribution in [0.15, 0.2) is 30.1 Å². The molecule has 2 nitrogen and oxygen atoms in total. The number of rotatable bonds is 4. The average Bonchev–Trinajstić information content (AvgIpc) is 2.16. The molecule has 13 heavy (non-hydrogen) atoms. The van der Waals surface area contributed by atoms with Crippen LogP contribution in [-0.4, -0.2) is 11.5 Å². The number of aromatic nitrogens is 1. The predicted octanol–water partition coefficient (Wildman–Crippen LogP) is 2.22. The number of pyridine rings is 1. The summed E-state index contributed by atoms with van der Waals surface area (Å²) in [7, 11) is 0. The summed E-state index contributed by atoms with van der Waals surface area (Å²) in [6.07, 6.45) is 7.94. The van der Waals surface area contributed by atoms with Crippen LogP contribution in [0.2, 0.25) is 0 Å². The Balaban J connectivity index is 2.55. The van der Waals surface area contributed by atoms with Gasteiger partial charge in [-0.1, -0.05) is 17.7 Å². The summed E-state index contributed by atoms with van der Waals surface area (Å²) in [5.41, 5.74) is 7.95. The van der Waals surface area contributed by atoms with Gasteiger partial charge in [-0.05, 0) is 37.9 Å². The van der Waals surface area contributed by atoms with E-state index in [0.717, 1.165) is 24.9 Å². The lowest BCUT2D eigenvalue weighted by molar-refractivity contribution is 0.827. The molecule has 2 N–H and O–H groups in total. The fourth-order valence-corrected chi connectivity index (χ4v) is 1.20. The Hall–Kier alpha value is -1.15. The second-order valence-corrected chi connectivity index (χ2v) is 3.17. The van der Waals surface area contributed by atoms with Gasteiger partial charge in [0.2, 0.25) is 0 Å². The smallest absolute Gasteiger partial charge is 0.0340 e. The molecule has 0 radical (unpaired) electrons. The Labute approximate surface area is 79.5 Å². The van der Waals surface area contributed by atoms with E-state index in [2.05, 4.69) is 24.1 Å². The van der Waals surface area contributed by atoms with Crippen LogP contribution in [-0.2, 0) is 0 Å². The van der Waals surface area contributed by atoms with Crippen LogP contribution < -0.4 is 5.73 Å². The van der Waals surface area contributed by atoms with Crippen LogP contribution in [0.4, 0.5) is 0 Å². The van der Waals surface area contributed by atoms with E-state index < -0.39 is 0 Å². The van der Waals surface area contributed by atoms with Crippen molar-refractivity contribution in [3.8, 4) is 0 Å². The van der Waals surface area contributed by atoms with Crippen molar-refractivity contribution >= 4 is 6.08 Å². The summed E-state index contributed by atoms with van der Waals surface area (Å²) in [6.45, 7) is 2.89. The van der Waals surface area contributed by atoms with Gasteiger partial charge < -0.3 is 5.73 Å². The molecule has 0 saturated heterocycles. The molecule has 0 unspecified atom stereocenters. The number of allylic oxidation sites excluding steroid dienone is 1. The lowest BCUT2D eigenvalue weighted by Crippen LogP contribution is -1.97. The zero-order chi connectivity index (χ0) is 9.52. The van der Waals surface area contributed by atoms with Crippen LogP contribution in [0.1, 0.15) is 25.3 Å². The maximum atomic E-state index is 5.43. The minimum absolute atomic E-state index is 0.762. The Morgan fingerprint density at radius 3 is 3.08 bits per heavy atom. The number of nitrogens with zero attached hydrogens (tertiary/aromatic N) is 1. The number of hydrogen-bond acceptors (Lipinski definition) is 2. The molecule has 0 amide bonds. The highest BCUT2D eigenvalue weighted by Crippen LogP contribution is 2.09. The molecule has 1 rings (SSSR count). The van der Waals surface area contributed by atoms with Gasteiger partial charge >= 0.3 is 0 Å². The van der Waals surface area contributed by atoms with Gasteiger partial charge in [-0.15, -0.1) is 0 Å². The van der Waals surface area contributed by atoms with Crippen LogP contribution >= 0.6 is 0 Å². The van der Waals surface area contributed by atoms with E-state index in [4.69, 9.17) is 5.73 Å². The first-order valence-electron chi connectivity index (χ1n) is 4.60.